The quantitative estimate of drug-likeness (QED) is 0.123. The molecule has 2 saturated carbocycles. The second-order valence-electron chi connectivity index (χ2n) is 19.5. The van der Waals surface area contributed by atoms with Gasteiger partial charge in [0.05, 0.1) is 30.2 Å². The van der Waals surface area contributed by atoms with Crippen LogP contribution in [-0.2, 0) is 25.4 Å². The topological polar surface area (TPSA) is 149 Å². The zero-order chi connectivity index (χ0) is 44.3. The number of hydrogen-bond donors (Lipinski definition) is 1. The number of aliphatic carboxylic acids is 1. The molecule has 14 nitrogen and oxygen atoms in total. The van der Waals surface area contributed by atoms with E-state index in [0.29, 0.717) is 65.0 Å². The highest BCUT2D eigenvalue weighted by atomic mass is 19.1. The molecule has 63 heavy (non-hydrogen) atoms. The van der Waals surface area contributed by atoms with Crippen molar-refractivity contribution in [3.05, 3.63) is 47.7 Å². The number of methoxy groups -OCH3 is 1. The summed E-state index contributed by atoms with van der Waals surface area (Å²) in [5, 5.41) is 10.6. The number of carboxylic acids is 1. The molecular weight excluding hydrogens is 815 g/mol. The number of anilines is 1. The van der Waals surface area contributed by atoms with Crippen molar-refractivity contribution in [3.8, 4) is 23.0 Å². The second-order valence-corrected chi connectivity index (χ2v) is 19.5. The first-order valence-electron chi connectivity index (χ1n) is 22.3. The molecule has 4 aromatic rings. The van der Waals surface area contributed by atoms with Crippen molar-refractivity contribution in [2.24, 2.45) is 10.8 Å². The fourth-order valence-corrected chi connectivity index (χ4v) is 10.5. The van der Waals surface area contributed by atoms with Crippen LogP contribution in [0.15, 0.2) is 30.5 Å². The fourth-order valence-electron chi connectivity index (χ4n) is 10.5. The largest absolute Gasteiger partial charge is 0.480 e. The molecule has 3 saturated heterocycles. The Morgan fingerprint density at radius 1 is 0.968 bits per heavy atom. The minimum absolute atomic E-state index is 0.00561. The van der Waals surface area contributed by atoms with Gasteiger partial charge in [0.1, 0.15) is 40.8 Å². The first kappa shape index (κ1) is 43.3. The van der Waals surface area contributed by atoms with E-state index in [4.69, 9.17) is 43.7 Å². The fraction of sp³-hybridized carbons (Fsp3) is 0.596. The number of ether oxygens (including phenoxy) is 5. The van der Waals surface area contributed by atoms with Gasteiger partial charge in [-0.25, -0.2) is 18.4 Å². The molecule has 0 radical (unpaired) electrons. The van der Waals surface area contributed by atoms with E-state index in [1.807, 2.05) is 32.6 Å². The van der Waals surface area contributed by atoms with Gasteiger partial charge < -0.3 is 38.6 Å². The number of hydrogen-bond acceptors (Lipinski definition) is 12. The third-order valence-corrected chi connectivity index (χ3v) is 13.7. The lowest BCUT2D eigenvalue weighted by atomic mass is 9.67. The number of carboxylic acid groups (broad SMARTS) is 1. The molecule has 5 heterocycles. The molecule has 5 aliphatic rings. The van der Waals surface area contributed by atoms with Crippen LogP contribution < -0.4 is 14.4 Å². The Kier molecular flexibility index (Phi) is 11.6. The number of rotatable bonds is 14. The van der Waals surface area contributed by atoms with E-state index in [9.17, 15) is 9.59 Å². The van der Waals surface area contributed by atoms with Crippen LogP contribution in [0.3, 0.4) is 0 Å². The maximum absolute atomic E-state index is 17.5. The van der Waals surface area contributed by atoms with E-state index in [0.717, 1.165) is 71.0 Å². The summed E-state index contributed by atoms with van der Waals surface area (Å²) in [7, 11) is 1.51. The second kappa shape index (κ2) is 16.9. The number of benzene rings is 2. The van der Waals surface area contributed by atoms with E-state index < -0.39 is 23.2 Å². The van der Waals surface area contributed by atoms with Gasteiger partial charge in [0.2, 0.25) is 0 Å². The van der Waals surface area contributed by atoms with Crippen molar-refractivity contribution in [1.82, 2.24) is 24.8 Å². The summed E-state index contributed by atoms with van der Waals surface area (Å²) in [4.78, 5) is 45.3. The maximum atomic E-state index is 17.5. The highest BCUT2D eigenvalue weighted by molar-refractivity contribution is 6.02. The van der Waals surface area contributed by atoms with Crippen LogP contribution in [0.1, 0.15) is 84.6 Å². The van der Waals surface area contributed by atoms with Gasteiger partial charge in [-0.1, -0.05) is 13.0 Å². The Balaban J connectivity index is 1.02. The summed E-state index contributed by atoms with van der Waals surface area (Å²) in [6.07, 6.45) is 9.01. The predicted molar refractivity (Wildman–Crippen MR) is 231 cm³/mol. The Hall–Kier alpha value is -4.93. The Morgan fingerprint density at radius 2 is 1.70 bits per heavy atom. The molecule has 2 aromatic carbocycles. The van der Waals surface area contributed by atoms with E-state index in [2.05, 4.69) is 9.80 Å². The molecule has 1 amide bonds. The lowest BCUT2D eigenvalue weighted by molar-refractivity contribution is -0.146. The van der Waals surface area contributed by atoms with Gasteiger partial charge in [0.15, 0.2) is 12.6 Å². The minimum atomic E-state index is -0.934. The average Bonchev–Trinajstić information content (AvgIpc) is 3.95. The van der Waals surface area contributed by atoms with Gasteiger partial charge in [-0.15, -0.1) is 0 Å². The summed E-state index contributed by atoms with van der Waals surface area (Å²) >= 11 is 0. The highest BCUT2D eigenvalue weighted by Gasteiger charge is 2.52. The number of aromatic nitrogens is 3. The normalized spacial score (nSPS) is 21.8. The van der Waals surface area contributed by atoms with Gasteiger partial charge in [-0.05, 0) is 119 Å². The Labute approximate surface area is 366 Å². The Bertz CT molecular complexity index is 2380. The van der Waals surface area contributed by atoms with Crippen LogP contribution in [0.25, 0.3) is 32.9 Å². The number of nitrogens with zero attached hydrogens (tertiary/aromatic N) is 6. The van der Waals surface area contributed by atoms with Gasteiger partial charge >= 0.3 is 18.1 Å². The molecule has 338 valence electrons. The number of carbonyl (C=O) groups is 2. The van der Waals surface area contributed by atoms with Crippen LogP contribution in [-0.4, -0.2) is 126 Å². The van der Waals surface area contributed by atoms with Crippen LogP contribution in [0.5, 0.6) is 11.8 Å². The van der Waals surface area contributed by atoms with E-state index in [-0.39, 0.29) is 65.7 Å². The zero-order valence-electron chi connectivity index (χ0n) is 36.9. The summed E-state index contributed by atoms with van der Waals surface area (Å²) in [6, 6.07) is 6.31. The molecule has 2 unspecified atom stereocenters. The van der Waals surface area contributed by atoms with Crippen molar-refractivity contribution in [3.63, 3.8) is 0 Å². The van der Waals surface area contributed by atoms with Gasteiger partial charge in [-0.3, -0.25) is 9.88 Å². The summed E-state index contributed by atoms with van der Waals surface area (Å²) in [6.45, 7) is 11.3. The molecule has 3 aliphatic heterocycles. The molecular formula is C47H58F2N6O8. The van der Waals surface area contributed by atoms with Crippen LogP contribution in [0.4, 0.5) is 19.4 Å². The van der Waals surface area contributed by atoms with Crippen LogP contribution in [0.2, 0.25) is 0 Å². The molecule has 1 spiro atoms. The molecule has 9 rings (SSSR count). The predicted octanol–water partition coefficient (Wildman–Crippen LogP) is 7.76. The number of aryl methyl sites for hydroxylation is 1. The molecule has 2 bridgehead atoms. The first-order valence-corrected chi connectivity index (χ1v) is 22.3. The third-order valence-electron chi connectivity index (χ3n) is 13.7. The van der Waals surface area contributed by atoms with Gasteiger partial charge in [-0.2, -0.15) is 9.97 Å². The Morgan fingerprint density at radius 3 is 2.35 bits per heavy atom. The standard InChI is InChI=1S/C47H58F2N6O8/c1-6-33-36(48)10-7-28-17-32(62-27-59-5)18-34(38(28)33)40-39(49)41-35(19-50-40)42(54-20-29-8-9-30(21-54)55(29)44(58)63-45(2,3)4)52-43(51-41)61-26-47(15-16-47)25-53-23-46(24-53)13-11-31(12-14-46)60-22-37(56)57/h7,10,17-19,29-31H,6,8-9,11-16,20-27H2,1-5H3,(H,56,57). The van der Waals surface area contributed by atoms with Gasteiger partial charge in [0.25, 0.3) is 0 Å². The number of carbonyl (C=O) groups excluding carboxylic acids is 1. The van der Waals surface area contributed by atoms with E-state index >= 15 is 8.78 Å². The number of piperazine rings is 1. The molecule has 2 aliphatic carbocycles. The van der Waals surface area contributed by atoms with Crippen molar-refractivity contribution < 1.29 is 47.2 Å². The first-order chi connectivity index (χ1) is 30.2. The minimum Gasteiger partial charge on any atom is -0.480 e. The van der Waals surface area contributed by atoms with Crippen molar-refractivity contribution in [2.45, 2.75) is 109 Å². The summed E-state index contributed by atoms with van der Waals surface area (Å²) < 4.78 is 61.8. The summed E-state index contributed by atoms with van der Waals surface area (Å²) in [5.74, 6) is -1.12. The van der Waals surface area contributed by atoms with Gasteiger partial charge in [0, 0.05) is 57.0 Å². The number of amides is 1. The average molecular weight is 873 g/mol. The highest BCUT2D eigenvalue weighted by Crippen LogP contribution is 2.51. The molecule has 1 N–H and O–H groups in total. The summed E-state index contributed by atoms with van der Waals surface area (Å²) in [5.41, 5.74) is 0.365. The monoisotopic (exact) mass is 872 g/mol. The molecule has 5 fully saturated rings. The van der Waals surface area contributed by atoms with Crippen molar-refractivity contribution in [1.29, 1.82) is 0 Å². The molecule has 2 atom stereocenters. The zero-order valence-corrected chi connectivity index (χ0v) is 36.9. The lowest BCUT2D eigenvalue weighted by Gasteiger charge is -2.54. The SMILES string of the molecule is CCc1c(F)ccc2cc(OCOC)cc(-c3ncc4c(N5CC6CCC(C5)N6C(=O)OC(C)(C)C)nc(OCC5(CN6CC7(CCC(OCC(=O)O)CC7)C6)CC5)nc4c3F)c12. The number of likely N-dealkylation sites (tertiary alicyclic amines) is 1. The molecule has 16 heteroatoms. The van der Waals surface area contributed by atoms with E-state index in [1.165, 1.54) is 13.2 Å². The number of fused-ring (bicyclic) bond motifs is 4. The number of pyridine rings is 1. The van der Waals surface area contributed by atoms with Crippen molar-refractivity contribution >= 4 is 39.6 Å². The maximum Gasteiger partial charge on any atom is 0.410 e. The van der Waals surface area contributed by atoms with Crippen LogP contribution >= 0.6 is 0 Å². The molecule has 2 aromatic heterocycles. The van der Waals surface area contributed by atoms with E-state index in [1.54, 1.807) is 24.4 Å². The smallest absolute Gasteiger partial charge is 0.410 e. The third kappa shape index (κ3) is 8.82. The lowest BCUT2D eigenvalue weighted by Crippen LogP contribution is -2.59. The van der Waals surface area contributed by atoms with Crippen LogP contribution in [0, 0.1) is 22.5 Å². The number of halogens is 2. The van der Waals surface area contributed by atoms with Crippen molar-refractivity contribution in [2.75, 3.05) is 64.7 Å².